The van der Waals surface area contributed by atoms with Gasteiger partial charge < -0.3 is 15.2 Å². The lowest BCUT2D eigenvalue weighted by molar-refractivity contribution is -0.116. The smallest absolute Gasteiger partial charge is 0.225 e. The van der Waals surface area contributed by atoms with Crippen molar-refractivity contribution in [1.82, 2.24) is 0 Å². The van der Waals surface area contributed by atoms with Crippen LogP contribution in [0.1, 0.15) is 29.7 Å². The van der Waals surface area contributed by atoms with Crippen molar-refractivity contribution < 1.29 is 14.6 Å². The molecule has 0 spiro atoms. The zero-order chi connectivity index (χ0) is 19.0. The number of amides is 1. The Morgan fingerprint density at radius 2 is 2.04 bits per heavy atom. The topological polar surface area (TPSA) is 58.6 Å². The first-order valence-electron chi connectivity index (χ1n) is 8.69. The molecule has 1 aliphatic heterocycles. The number of carbonyl (C=O) groups excluding carboxylic acids is 1. The Hall–Kier alpha value is -2.50. The second kappa shape index (κ2) is 7.25. The van der Waals surface area contributed by atoms with Crippen LogP contribution in [-0.2, 0) is 4.79 Å². The van der Waals surface area contributed by atoms with Gasteiger partial charge in [-0.05, 0) is 42.3 Å². The SMILES string of the molecule is CCOc1cc(C2CC(=O)Nc3c(-c4ccc(Cl)cc4)csc32)ccc1O. The first-order chi connectivity index (χ1) is 13.1. The molecular formula is C21H18ClNO3S. The largest absolute Gasteiger partial charge is 0.504 e. The molecule has 2 heterocycles. The van der Waals surface area contributed by atoms with Crippen LogP contribution in [0.5, 0.6) is 11.5 Å². The maximum Gasteiger partial charge on any atom is 0.225 e. The van der Waals surface area contributed by atoms with Crippen LogP contribution in [0.4, 0.5) is 5.69 Å². The third-order valence-electron chi connectivity index (χ3n) is 4.63. The Balaban J connectivity index is 1.77. The minimum Gasteiger partial charge on any atom is -0.504 e. The summed E-state index contributed by atoms with van der Waals surface area (Å²) < 4.78 is 5.51. The number of carbonyl (C=O) groups is 1. The van der Waals surface area contributed by atoms with Gasteiger partial charge in [0.1, 0.15) is 0 Å². The van der Waals surface area contributed by atoms with E-state index in [9.17, 15) is 9.90 Å². The van der Waals surface area contributed by atoms with Crippen LogP contribution in [0.2, 0.25) is 5.02 Å². The number of thiophene rings is 1. The molecule has 1 aliphatic rings. The van der Waals surface area contributed by atoms with Crippen molar-refractivity contribution in [3.63, 3.8) is 0 Å². The fourth-order valence-electron chi connectivity index (χ4n) is 3.36. The molecule has 4 rings (SSSR count). The van der Waals surface area contributed by atoms with Gasteiger partial charge in [0.15, 0.2) is 11.5 Å². The molecule has 6 heteroatoms. The predicted octanol–water partition coefficient (Wildman–Crippen LogP) is 5.65. The lowest BCUT2D eigenvalue weighted by Gasteiger charge is -2.24. The molecule has 27 heavy (non-hydrogen) atoms. The number of phenols is 1. The summed E-state index contributed by atoms with van der Waals surface area (Å²) in [5, 5.41) is 15.7. The lowest BCUT2D eigenvalue weighted by Crippen LogP contribution is -2.22. The summed E-state index contributed by atoms with van der Waals surface area (Å²) in [6.45, 7) is 2.34. The number of ether oxygens (including phenoxy) is 1. The Labute approximate surface area is 166 Å². The molecule has 1 atom stereocenters. The van der Waals surface area contributed by atoms with Crippen LogP contribution in [0.15, 0.2) is 47.8 Å². The number of hydrogen-bond donors (Lipinski definition) is 2. The van der Waals surface area contributed by atoms with Crippen LogP contribution < -0.4 is 10.1 Å². The van der Waals surface area contributed by atoms with E-state index in [0.717, 1.165) is 27.3 Å². The molecule has 0 fully saturated rings. The second-order valence-electron chi connectivity index (χ2n) is 6.36. The molecule has 2 N–H and O–H groups in total. The minimum absolute atomic E-state index is 0.0212. The number of fused-ring (bicyclic) bond motifs is 1. The Morgan fingerprint density at radius 3 is 2.78 bits per heavy atom. The zero-order valence-corrected chi connectivity index (χ0v) is 16.2. The molecule has 3 aromatic rings. The third kappa shape index (κ3) is 3.40. The minimum atomic E-state index is -0.0698. The molecule has 0 aliphatic carbocycles. The van der Waals surface area contributed by atoms with Crippen LogP contribution in [0, 0.1) is 0 Å². The molecule has 0 saturated heterocycles. The fourth-order valence-corrected chi connectivity index (χ4v) is 4.64. The van der Waals surface area contributed by atoms with Crippen molar-refractivity contribution in [3.8, 4) is 22.6 Å². The average molecular weight is 400 g/mol. The summed E-state index contributed by atoms with van der Waals surface area (Å²) in [5.41, 5.74) is 3.82. The van der Waals surface area contributed by atoms with Crippen molar-refractivity contribution in [3.05, 3.63) is 63.3 Å². The normalized spacial score (nSPS) is 15.9. The summed E-state index contributed by atoms with van der Waals surface area (Å²) in [7, 11) is 0. The molecule has 0 radical (unpaired) electrons. The molecule has 0 saturated carbocycles. The highest BCUT2D eigenvalue weighted by Crippen LogP contribution is 2.47. The Bertz CT molecular complexity index is 997. The number of aromatic hydroxyl groups is 1. The molecule has 1 aromatic heterocycles. The number of rotatable bonds is 4. The summed E-state index contributed by atoms with van der Waals surface area (Å²) in [5.74, 6) is 0.456. The second-order valence-corrected chi connectivity index (χ2v) is 7.71. The Morgan fingerprint density at radius 1 is 1.26 bits per heavy atom. The van der Waals surface area contributed by atoms with Gasteiger partial charge in [-0.1, -0.05) is 29.8 Å². The van der Waals surface area contributed by atoms with Crippen molar-refractivity contribution in [2.24, 2.45) is 0 Å². The van der Waals surface area contributed by atoms with E-state index in [0.29, 0.717) is 23.8 Å². The first kappa shape index (κ1) is 17.9. The monoisotopic (exact) mass is 399 g/mol. The van der Waals surface area contributed by atoms with E-state index < -0.39 is 0 Å². The molecule has 1 amide bonds. The highest BCUT2D eigenvalue weighted by Gasteiger charge is 2.31. The number of hydrogen-bond acceptors (Lipinski definition) is 4. The van der Waals surface area contributed by atoms with Gasteiger partial charge in [-0.25, -0.2) is 0 Å². The van der Waals surface area contributed by atoms with Crippen LogP contribution in [-0.4, -0.2) is 17.6 Å². The quantitative estimate of drug-likeness (QED) is 0.596. The van der Waals surface area contributed by atoms with Gasteiger partial charge in [0.2, 0.25) is 5.91 Å². The van der Waals surface area contributed by atoms with E-state index >= 15 is 0 Å². The van der Waals surface area contributed by atoms with Gasteiger partial charge >= 0.3 is 0 Å². The van der Waals surface area contributed by atoms with E-state index in [2.05, 4.69) is 10.7 Å². The van der Waals surface area contributed by atoms with Gasteiger partial charge in [-0.2, -0.15) is 0 Å². The molecular weight excluding hydrogens is 382 g/mol. The number of benzene rings is 2. The van der Waals surface area contributed by atoms with Crippen molar-refractivity contribution >= 4 is 34.5 Å². The standard InChI is InChI=1S/C21H18ClNO3S/c1-2-26-18-9-13(5-8-17(18)24)15-10-19(25)23-20-16(11-27-21(15)20)12-3-6-14(22)7-4-12/h3-9,11,15,24H,2,10H2,1H3,(H,23,25). The summed E-state index contributed by atoms with van der Waals surface area (Å²) in [6.07, 6.45) is 0.365. The molecule has 1 unspecified atom stereocenters. The van der Waals surface area contributed by atoms with Crippen molar-refractivity contribution in [1.29, 1.82) is 0 Å². The Kier molecular flexibility index (Phi) is 4.81. The zero-order valence-electron chi connectivity index (χ0n) is 14.7. The van der Waals surface area contributed by atoms with Gasteiger partial charge in [0, 0.05) is 33.2 Å². The highest BCUT2D eigenvalue weighted by molar-refractivity contribution is 7.11. The first-order valence-corrected chi connectivity index (χ1v) is 9.95. The summed E-state index contributed by atoms with van der Waals surface area (Å²) in [4.78, 5) is 13.5. The fraction of sp³-hybridized carbons (Fsp3) is 0.190. The number of phenolic OH excluding ortho intramolecular Hbond substituents is 1. The number of halogens is 1. The van der Waals surface area contributed by atoms with E-state index in [-0.39, 0.29) is 17.6 Å². The number of anilines is 1. The molecule has 4 nitrogen and oxygen atoms in total. The highest BCUT2D eigenvalue weighted by atomic mass is 35.5. The predicted molar refractivity (Wildman–Crippen MR) is 109 cm³/mol. The van der Waals surface area contributed by atoms with Gasteiger partial charge in [-0.15, -0.1) is 11.3 Å². The maximum absolute atomic E-state index is 12.4. The molecule has 138 valence electrons. The van der Waals surface area contributed by atoms with E-state index in [1.165, 1.54) is 0 Å². The van der Waals surface area contributed by atoms with E-state index in [1.807, 2.05) is 43.3 Å². The summed E-state index contributed by atoms with van der Waals surface area (Å²) >= 11 is 7.63. The van der Waals surface area contributed by atoms with Crippen LogP contribution in [0.25, 0.3) is 11.1 Å². The molecule has 0 bridgehead atoms. The summed E-state index contributed by atoms with van der Waals surface area (Å²) in [6, 6.07) is 12.9. The van der Waals surface area contributed by atoms with E-state index in [4.69, 9.17) is 16.3 Å². The number of nitrogens with one attached hydrogen (secondary N) is 1. The van der Waals surface area contributed by atoms with Crippen LogP contribution in [0.3, 0.4) is 0 Å². The lowest BCUT2D eigenvalue weighted by atomic mass is 9.89. The van der Waals surface area contributed by atoms with Crippen molar-refractivity contribution in [2.75, 3.05) is 11.9 Å². The van der Waals surface area contributed by atoms with Crippen LogP contribution >= 0.6 is 22.9 Å². The molecule has 2 aromatic carbocycles. The van der Waals surface area contributed by atoms with E-state index in [1.54, 1.807) is 17.4 Å². The van der Waals surface area contributed by atoms with Crippen molar-refractivity contribution in [2.45, 2.75) is 19.3 Å². The van der Waals surface area contributed by atoms with Gasteiger partial charge in [0.25, 0.3) is 0 Å². The van der Waals surface area contributed by atoms with Gasteiger partial charge in [0.05, 0.1) is 12.3 Å². The van der Waals surface area contributed by atoms with Gasteiger partial charge in [-0.3, -0.25) is 4.79 Å². The maximum atomic E-state index is 12.4. The third-order valence-corrected chi connectivity index (χ3v) is 5.98. The average Bonchev–Trinajstić information content (AvgIpc) is 3.07.